The average Bonchev–Trinajstić information content (AvgIpc) is 3.09. The van der Waals surface area contributed by atoms with Gasteiger partial charge in [-0.3, -0.25) is 4.79 Å². The lowest BCUT2D eigenvalue weighted by Crippen LogP contribution is -2.25. The Hall–Kier alpha value is -2.23. The smallest absolute Gasteiger partial charge is 0.243 e. The number of carbonyl (C=O) groups is 1. The Morgan fingerprint density at radius 1 is 1.08 bits per heavy atom. The van der Waals surface area contributed by atoms with E-state index in [-0.39, 0.29) is 5.91 Å². The first-order valence-electron chi connectivity index (χ1n) is 9.65. The molecule has 1 aromatic rings. The number of amides is 1. The number of allylic oxidation sites excluding steroid dienone is 2. The fourth-order valence-corrected chi connectivity index (χ4v) is 2.67. The van der Waals surface area contributed by atoms with Crippen LogP contribution in [0.1, 0.15) is 57.9 Å². The molecule has 2 rings (SSSR count). The summed E-state index contributed by atoms with van der Waals surface area (Å²) in [6.07, 6.45) is 14.8. The van der Waals surface area contributed by atoms with Crippen molar-refractivity contribution in [2.24, 2.45) is 5.92 Å². The molecule has 1 aromatic carbocycles. The van der Waals surface area contributed by atoms with Crippen LogP contribution < -0.4 is 14.8 Å². The molecule has 26 heavy (non-hydrogen) atoms. The van der Waals surface area contributed by atoms with Crippen LogP contribution >= 0.6 is 0 Å². The highest BCUT2D eigenvalue weighted by molar-refractivity contribution is 5.87. The topological polar surface area (TPSA) is 47.6 Å². The minimum Gasteiger partial charge on any atom is -0.454 e. The van der Waals surface area contributed by atoms with Gasteiger partial charge in [-0.2, -0.15) is 0 Å². The van der Waals surface area contributed by atoms with Crippen LogP contribution in [0.4, 0.5) is 0 Å². The zero-order valence-corrected chi connectivity index (χ0v) is 16.0. The third kappa shape index (κ3) is 7.77. The van der Waals surface area contributed by atoms with E-state index < -0.39 is 0 Å². The maximum Gasteiger partial charge on any atom is 0.243 e. The van der Waals surface area contributed by atoms with Gasteiger partial charge in [-0.05, 0) is 55.4 Å². The summed E-state index contributed by atoms with van der Waals surface area (Å²) in [5.41, 5.74) is 1.15. The van der Waals surface area contributed by atoms with E-state index in [2.05, 4.69) is 31.3 Å². The summed E-state index contributed by atoms with van der Waals surface area (Å²) in [5, 5.41) is 2.89. The highest BCUT2D eigenvalue weighted by atomic mass is 16.7. The van der Waals surface area contributed by atoms with Gasteiger partial charge in [-0.15, -0.1) is 0 Å². The predicted molar refractivity (Wildman–Crippen MR) is 106 cm³/mol. The van der Waals surface area contributed by atoms with E-state index in [1.165, 1.54) is 19.3 Å². The maximum atomic E-state index is 11.5. The summed E-state index contributed by atoms with van der Waals surface area (Å²) in [7, 11) is 0. The normalized spacial score (nSPS) is 13.2. The molecule has 4 heteroatoms. The van der Waals surface area contributed by atoms with Crippen molar-refractivity contribution in [3.05, 3.63) is 42.0 Å². The molecule has 0 unspecified atom stereocenters. The molecule has 142 valence electrons. The number of hydrogen-bond acceptors (Lipinski definition) is 3. The SMILES string of the molecule is CC(C)CNC(=O)/C=C/CCCCCC/C=C/c1ccc2c(c1)OCO2. The lowest BCUT2D eigenvalue weighted by molar-refractivity contribution is -0.116. The second-order valence-corrected chi connectivity index (χ2v) is 7.05. The van der Waals surface area contributed by atoms with Crippen LogP contribution in [0.3, 0.4) is 0 Å². The highest BCUT2D eigenvalue weighted by Gasteiger charge is 2.11. The molecule has 0 atom stereocenters. The third-order valence-corrected chi connectivity index (χ3v) is 4.15. The van der Waals surface area contributed by atoms with Crippen LogP contribution in [0.2, 0.25) is 0 Å². The summed E-state index contributed by atoms with van der Waals surface area (Å²) in [4.78, 5) is 11.5. The number of unbranched alkanes of at least 4 members (excludes halogenated alkanes) is 5. The number of benzene rings is 1. The molecule has 1 N–H and O–H groups in total. The number of nitrogens with one attached hydrogen (secondary N) is 1. The molecule has 1 heterocycles. The summed E-state index contributed by atoms with van der Waals surface area (Å²) in [5.74, 6) is 2.17. The minimum absolute atomic E-state index is 0.0207. The van der Waals surface area contributed by atoms with Crippen molar-refractivity contribution in [3.8, 4) is 11.5 Å². The molecule has 4 nitrogen and oxygen atoms in total. The van der Waals surface area contributed by atoms with E-state index in [9.17, 15) is 4.79 Å². The first-order chi connectivity index (χ1) is 12.6. The van der Waals surface area contributed by atoms with Crippen molar-refractivity contribution >= 4 is 12.0 Å². The Bertz CT molecular complexity index is 620. The van der Waals surface area contributed by atoms with Crippen molar-refractivity contribution in [2.75, 3.05) is 13.3 Å². The second-order valence-electron chi connectivity index (χ2n) is 7.05. The Labute approximate surface area is 157 Å². The molecule has 0 saturated carbocycles. The van der Waals surface area contributed by atoms with Gasteiger partial charge in [0.05, 0.1) is 0 Å². The van der Waals surface area contributed by atoms with Gasteiger partial charge in [0.25, 0.3) is 0 Å². The van der Waals surface area contributed by atoms with Gasteiger partial charge < -0.3 is 14.8 Å². The van der Waals surface area contributed by atoms with Gasteiger partial charge in [-0.1, -0.05) is 51.0 Å². The lowest BCUT2D eigenvalue weighted by atomic mass is 10.1. The zero-order chi connectivity index (χ0) is 18.6. The van der Waals surface area contributed by atoms with E-state index in [0.29, 0.717) is 12.7 Å². The molecule has 1 aliphatic heterocycles. The van der Waals surface area contributed by atoms with Gasteiger partial charge in [0.1, 0.15) is 0 Å². The predicted octanol–water partition coefficient (Wildman–Crippen LogP) is 5.10. The van der Waals surface area contributed by atoms with Gasteiger partial charge >= 0.3 is 0 Å². The van der Waals surface area contributed by atoms with Crippen molar-refractivity contribution in [1.82, 2.24) is 5.32 Å². The van der Waals surface area contributed by atoms with Crippen molar-refractivity contribution < 1.29 is 14.3 Å². The van der Waals surface area contributed by atoms with Gasteiger partial charge in [-0.25, -0.2) is 0 Å². The quantitative estimate of drug-likeness (QED) is 0.443. The lowest BCUT2D eigenvalue weighted by Gasteiger charge is -2.04. The largest absolute Gasteiger partial charge is 0.454 e. The van der Waals surface area contributed by atoms with E-state index in [0.717, 1.165) is 42.9 Å². The van der Waals surface area contributed by atoms with Crippen molar-refractivity contribution in [2.45, 2.75) is 52.4 Å². The number of hydrogen-bond donors (Lipinski definition) is 1. The number of ether oxygens (including phenoxy) is 2. The Morgan fingerprint density at radius 3 is 2.58 bits per heavy atom. The average molecular weight is 357 g/mol. The molecule has 1 amide bonds. The van der Waals surface area contributed by atoms with Crippen LogP contribution in [-0.2, 0) is 4.79 Å². The molecule has 1 aliphatic rings. The van der Waals surface area contributed by atoms with E-state index in [1.54, 1.807) is 6.08 Å². The first-order valence-corrected chi connectivity index (χ1v) is 9.65. The summed E-state index contributed by atoms with van der Waals surface area (Å²) >= 11 is 0. The van der Waals surface area contributed by atoms with Crippen molar-refractivity contribution in [3.63, 3.8) is 0 Å². The molecular formula is C22H31NO3. The van der Waals surface area contributed by atoms with Gasteiger partial charge in [0, 0.05) is 6.54 Å². The van der Waals surface area contributed by atoms with Crippen LogP contribution in [0, 0.1) is 5.92 Å². The first kappa shape index (κ1) is 20.1. The molecule has 0 bridgehead atoms. The molecule has 0 aromatic heterocycles. The number of rotatable bonds is 11. The second kappa shape index (κ2) is 11.4. The highest BCUT2D eigenvalue weighted by Crippen LogP contribution is 2.32. The summed E-state index contributed by atoms with van der Waals surface area (Å²) in [6, 6.07) is 6.02. The van der Waals surface area contributed by atoms with Crippen LogP contribution in [0.15, 0.2) is 36.4 Å². The van der Waals surface area contributed by atoms with Gasteiger partial charge in [0.2, 0.25) is 12.7 Å². The Balaban J connectivity index is 1.48. The fraction of sp³-hybridized carbons (Fsp3) is 0.500. The van der Waals surface area contributed by atoms with E-state index in [1.807, 2.05) is 24.3 Å². The summed E-state index contributed by atoms with van der Waals surface area (Å²) < 4.78 is 10.7. The number of fused-ring (bicyclic) bond motifs is 1. The zero-order valence-electron chi connectivity index (χ0n) is 16.0. The molecule has 0 fully saturated rings. The van der Waals surface area contributed by atoms with Crippen LogP contribution in [0.25, 0.3) is 6.08 Å². The van der Waals surface area contributed by atoms with E-state index in [4.69, 9.17) is 9.47 Å². The van der Waals surface area contributed by atoms with Crippen LogP contribution in [0.5, 0.6) is 11.5 Å². The molecular weight excluding hydrogens is 326 g/mol. The minimum atomic E-state index is 0.0207. The molecule has 0 radical (unpaired) electrons. The third-order valence-electron chi connectivity index (χ3n) is 4.15. The number of carbonyl (C=O) groups excluding carboxylic acids is 1. The van der Waals surface area contributed by atoms with E-state index >= 15 is 0 Å². The molecule has 0 saturated heterocycles. The molecule has 0 aliphatic carbocycles. The Morgan fingerprint density at radius 2 is 1.81 bits per heavy atom. The standard InChI is InChI=1S/C22H31NO3/c1-18(2)16-23-22(24)12-10-8-6-4-3-5-7-9-11-19-13-14-20-21(15-19)26-17-25-20/h9-15,18H,3-8,16-17H2,1-2H3,(H,23,24)/b11-9+,12-10+. The van der Waals surface area contributed by atoms with Gasteiger partial charge in [0.15, 0.2) is 11.5 Å². The molecule has 0 spiro atoms. The maximum absolute atomic E-state index is 11.5. The van der Waals surface area contributed by atoms with Crippen molar-refractivity contribution in [1.29, 1.82) is 0 Å². The Kier molecular flexibility index (Phi) is 8.81. The fourth-order valence-electron chi connectivity index (χ4n) is 2.67. The van der Waals surface area contributed by atoms with Crippen LogP contribution in [-0.4, -0.2) is 19.2 Å². The summed E-state index contributed by atoms with van der Waals surface area (Å²) in [6.45, 7) is 5.24. The monoisotopic (exact) mass is 357 g/mol.